The lowest BCUT2D eigenvalue weighted by molar-refractivity contribution is 0.621. The van der Waals surface area contributed by atoms with Gasteiger partial charge in [0.05, 0.1) is 12.4 Å². The molecule has 0 saturated heterocycles. The number of rotatable bonds is 2. The average molecular weight is 188 g/mol. The summed E-state index contributed by atoms with van der Waals surface area (Å²) in [6.07, 6.45) is 4.24. The fourth-order valence-electron chi connectivity index (χ4n) is 1.90. The minimum absolute atomic E-state index is 0.383. The molecule has 14 heavy (non-hydrogen) atoms. The Balaban J connectivity index is 2.18. The van der Waals surface area contributed by atoms with Crippen molar-refractivity contribution in [3.63, 3.8) is 0 Å². The van der Waals surface area contributed by atoms with E-state index in [0.717, 1.165) is 6.42 Å². The first kappa shape index (κ1) is 9.25. The van der Waals surface area contributed by atoms with Crippen molar-refractivity contribution in [1.82, 2.24) is 4.90 Å². The molecule has 2 nitrogen and oxygen atoms in total. The molecule has 0 heterocycles. The molecular weight excluding hydrogens is 172 g/mol. The molecule has 1 atom stereocenters. The van der Waals surface area contributed by atoms with Crippen molar-refractivity contribution >= 4 is 6.34 Å². The molecule has 2 rings (SSSR count). The van der Waals surface area contributed by atoms with Gasteiger partial charge in [-0.15, -0.1) is 0 Å². The predicted octanol–water partition coefficient (Wildman–Crippen LogP) is 2.26. The number of benzene rings is 1. The van der Waals surface area contributed by atoms with Gasteiger partial charge in [-0.05, 0) is 24.0 Å². The van der Waals surface area contributed by atoms with Gasteiger partial charge in [-0.25, -0.2) is 0 Å². The van der Waals surface area contributed by atoms with Crippen LogP contribution in [0.1, 0.15) is 23.6 Å². The maximum atomic E-state index is 4.56. The largest absolute Gasteiger partial charge is 0.369 e. The Kier molecular flexibility index (Phi) is 2.53. The molecule has 2 heteroatoms. The van der Waals surface area contributed by atoms with Crippen molar-refractivity contribution in [3.05, 3.63) is 35.4 Å². The molecule has 0 unspecified atom stereocenters. The van der Waals surface area contributed by atoms with Crippen LogP contribution >= 0.6 is 0 Å². The molecule has 74 valence electrons. The van der Waals surface area contributed by atoms with Gasteiger partial charge in [0.1, 0.15) is 0 Å². The minimum Gasteiger partial charge on any atom is -0.369 e. The zero-order valence-electron chi connectivity index (χ0n) is 8.77. The summed E-state index contributed by atoms with van der Waals surface area (Å²) in [6.45, 7) is 0. The van der Waals surface area contributed by atoms with Crippen LogP contribution in [0.15, 0.2) is 29.3 Å². The molecule has 0 bridgehead atoms. The number of hydrogen-bond donors (Lipinski definition) is 0. The molecule has 1 aromatic rings. The van der Waals surface area contributed by atoms with E-state index in [4.69, 9.17) is 0 Å². The Morgan fingerprint density at radius 3 is 2.93 bits per heavy atom. The van der Waals surface area contributed by atoms with Crippen molar-refractivity contribution in [1.29, 1.82) is 0 Å². The Morgan fingerprint density at radius 1 is 1.36 bits per heavy atom. The van der Waals surface area contributed by atoms with Gasteiger partial charge in [-0.3, -0.25) is 4.99 Å². The normalized spacial score (nSPS) is 20.0. The van der Waals surface area contributed by atoms with Gasteiger partial charge in [-0.2, -0.15) is 0 Å². The van der Waals surface area contributed by atoms with Crippen LogP contribution in [-0.4, -0.2) is 25.3 Å². The fraction of sp³-hybridized carbons (Fsp3) is 0.417. The summed E-state index contributed by atoms with van der Waals surface area (Å²) in [6, 6.07) is 8.99. The zero-order chi connectivity index (χ0) is 9.97. The van der Waals surface area contributed by atoms with Gasteiger partial charge in [0.2, 0.25) is 0 Å². The van der Waals surface area contributed by atoms with E-state index in [1.165, 1.54) is 17.5 Å². The summed E-state index contributed by atoms with van der Waals surface area (Å²) < 4.78 is 0. The second-order valence-corrected chi connectivity index (χ2v) is 3.98. The summed E-state index contributed by atoms with van der Waals surface area (Å²) in [7, 11) is 4.01. The first-order valence-corrected chi connectivity index (χ1v) is 5.05. The lowest BCUT2D eigenvalue weighted by Gasteiger charge is -2.08. The predicted molar refractivity (Wildman–Crippen MR) is 59.7 cm³/mol. The molecule has 1 aromatic carbocycles. The quantitative estimate of drug-likeness (QED) is 0.513. The highest BCUT2D eigenvalue weighted by atomic mass is 15.1. The highest BCUT2D eigenvalue weighted by Crippen LogP contribution is 2.33. The van der Waals surface area contributed by atoms with Gasteiger partial charge in [-0.1, -0.05) is 24.3 Å². The van der Waals surface area contributed by atoms with E-state index in [1.807, 2.05) is 25.3 Å². The van der Waals surface area contributed by atoms with Crippen LogP contribution < -0.4 is 0 Å². The summed E-state index contributed by atoms with van der Waals surface area (Å²) in [5.41, 5.74) is 2.87. The molecular formula is C12H16N2. The molecule has 0 aromatic heterocycles. The number of nitrogens with zero attached hydrogens (tertiary/aromatic N) is 2. The SMILES string of the molecule is CN(C)C=N[C@H]1CCc2ccccc21. The molecule has 0 N–H and O–H groups in total. The second-order valence-electron chi connectivity index (χ2n) is 3.98. The zero-order valence-corrected chi connectivity index (χ0v) is 8.77. The van der Waals surface area contributed by atoms with Crippen molar-refractivity contribution in [2.24, 2.45) is 4.99 Å². The number of aliphatic imine (C=N–C) groups is 1. The van der Waals surface area contributed by atoms with E-state index in [0.29, 0.717) is 6.04 Å². The van der Waals surface area contributed by atoms with E-state index >= 15 is 0 Å². The Bertz CT molecular complexity index is 342. The molecule has 0 amide bonds. The summed E-state index contributed by atoms with van der Waals surface area (Å²) in [5, 5.41) is 0. The smallest absolute Gasteiger partial charge is 0.0852 e. The maximum Gasteiger partial charge on any atom is 0.0852 e. The monoisotopic (exact) mass is 188 g/mol. The molecule has 1 aliphatic carbocycles. The molecule has 0 saturated carbocycles. The molecule has 0 spiro atoms. The van der Waals surface area contributed by atoms with Crippen LogP contribution in [0.2, 0.25) is 0 Å². The molecule has 0 fully saturated rings. The number of aryl methyl sites for hydroxylation is 1. The van der Waals surface area contributed by atoms with Crippen molar-refractivity contribution in [2.75, 3.05) is 14.1 Å². The van der Waals surface area contributed by atoms with Crippen molar-refractivity contribution in [2.45, 2.75) is 18.9 Å². The summed E-state index contributed by atoms with van der Waals surface area (Å²) in [4.78, 5) is 6.55. The number of fused-ring (bicyclic) bond motifs is 1. The maximum absolute atomic E-state index is 4.56. The third-order valence-corrected chi connectivity index (χ3v) is 2.58. The first-order valence-electron chi connectivity index (χ1n) is 5.05. The lowest BCUT2D eigenvalue weighted by Crippen LogP contribution is -2.08. The van der Waals surface area contributed by atoms with Gasteiger partial charge in [0, 0.05) is 14.1 Å². The van der Waals surface area contributed by atoms with Gasteiger partial charge in [0.25, 0.3) is 0 Å². The lowest BCUT2D eigenvalue weighted by atomic mass is 10.1. The van der Waals surface area contributed by atoms with Crippen LogP contribution in [0, 0.1) is 0 Å². The van der Waals surface area contributed by atoms with Crippen LogP contribution in [0.25, 0.3) is 0 Å². The molecule has 0 radical (unpaired) electrons. The Hall–Kier alpha value is -1.31. The van der Waals surface area contributed by atoms with E-state index in [1.54, 1.807) is 0 Å². The Labute approximate surface area is 85.3 Å². The second kappa shape index (κ2) is 3.82. The van der Waals surface area contributed by atoms with Gasteiger partial charge < -0.3 is 4.90 Å². The van der Waals surface area contributed by atoms with Crippen LogP contribution in [0.3, 0.4) is 0 Å². The van der Waals surface area contributed by atoms with E-state index in [2.05, 4.69) is 29.3 Å². The highest BCUT2D eigenvalue weighted by molar-refractivity contribution is 5.55. The number of hydrogen-bond acceptors (Lipinski definition) is 1. The standard InChI is InChI=1S/C12H16N2/c1-14(2)9-13-12-8-7-10-5-3-4-6-11(10)12/h3-6,9,12H,7-8H2,1-2H3/t12-/m0/s1. The van der Waals surface area contributed by atoms with Gasteiger partial charge >= 0.3 is 0 Å². The van der Waals surface area contributed by atoms with Gasteiger partial charge in [0.15, 0.2) is 0 Å². The van der Waals surface area contributed by atoms with Crippen LogP contribution in [0.4, 0.5) is 0 Å². The highest BCUT2D eigenvalue weighted by Gasteiger charge is 2.20. The van der Waals surface area contributed by atoms with Crippen LogP contribution in [-0.2, 0) is 6.42 Å². The Morgan fingerprint density at radius 2 is 2.14 bits per heavy atom. The first-order chi connectivity index (χ1) is 6.77. The summed E-state index contributed by atoms with van der Waals surface area (Å²) >= 11 is 0. The van der Waals surface area contributed by atoms with E-state index in [-0.39, 0.29) is 0 Å². The fourth-order valence-corrected chi connectivity index (χ4v) is 1.90. The van der Waals surface area contributed by atoms with Crippen LogP contribution in [0.5, 0.6) is 0 Å². The summed E-state index contributed by atoms with van der Waals surface area (Å²) in [5.74, 6) is 0. The van der Waals surface area contributed by atoms with Crippen molar-refractivity contribution in [3.8, 4) is 0 Å². The average Bonchev–Trinajstić information content (AvgIpc) is 2.58. The third kappa shape index (κ3) is 1.79. The van der Waals surface area contributed by atoms with E-state index in [9.17, 15) is 0 Å². The minimum atomic E-state index is 0.383. The molecule has 1 aliphatic rings. The topological polar surface area (TPSA) is 15.6 Å². The molecule has 0 aliphatic heterocycles. The third-order valence-electron chi connectivity index (χ3n) is 2.58. The van der Waals surface area contributed by atoms with E-state index < -0.39 is 0 Å². The van der Waals surface area contributed by atoms with Crippen molar-refractivity contribution < 1.29 is 0 Å².